The number of fused-ring (bicyclic) bond motifs is 1. The highest BCUT2D eigenvalue weighted by Crippen LogP contribution is 2.25. The van der Waals surface area contributed by atoms with E-state index in [9.17, 15) is 9.18 Å². The van der Waals surface area contributed by atoms with Gasteiger partial charge >= 0.3 is 0 Å². The number of benzene rings is 1. The summed E-state index contributed by atoms with van der Waals surface area (Å²) in [6.07, 6.45) is 0. The van der Waals surface area contributed by atoms with Crippen LogP contribution in [0.5, 0.6) is 0 Å². The zero-order valence-electron chi connectivity index (χ0n) is 13.3. The van der Waals surface area contributed by atoms with Gasteiger partial charge in [-0.1, -0.05) is 0 Å². The van der Waals surface area contributed by atoms with Crippen LogP contribution in [-0.4, -0.2) is 48.5 Å². The Hall–Kier alpha value is -2.88. The van der Waals surface area contributed by atoms with Crippen molar-refractivity contribution in [3.05, 3.63) is 41.5 Å². The SMILES string of the molecule is CNc1nsc(-c2nnc3n2CCN(C(=O)c2ccc(F)cc2)C3)n1. The number of amides is 1. The Morgan fingerprint density at radius 2 is 2.04 bits per heavy atom. The molecular formula is C15H14FN7OS. The van der Waals surface area contributed by atoms with Gasteiger partial charge in [0, 0.05) is 25.7 Å². The first-order valence-electron chi connectivity index (χ1n) is 7.64. The van der Waals surface area contributed by atoms with E-state index in [4.69, 9.17) is 0 Å². The Bertz CT molecular complexity index is 920. The van der Waals surface area contributed by atoms with Gasteiger partial charge in [0.15, 0.2) is 16.7 Å². The molecular weight excluding hydrogens is 345 g/mol. The topological polar surface area (TPSA) is 88.8 Å². The van der Waals surface area contributed by atoms with Crippen LogP contribution in [0.15, 0.2) is 24.3 Å². The number of hydrogen-bond acceptors (Lipinski definition) is 7. The van der Waals surface area contributed by atoms with Crippen molar-refractivity contribution in [1.82, 2.24) is 29.0 Å². The monoisotopic (exact) mass is 359 g/mol. The molecule has 1 aliphatic heterocycles. The van der Waals surface area contributed by atoms with Crippen LogP contribution in [0.1, 0.15) is 16.2 Å². The molecule has 4 rings (SSSR count). The summed E-state index contributed by atoms with van der Waals surface area (Å²) in [4.78, 5) is 18.6. The van der Waals surface area contributed by atoms with Gasteiger partial charge in [-0.25, -0.2) is 4.39 Å². The Morgan fingerprint density at radius 1 is 1.24 bits per heavy atom. The summed E-state index contributed by atoms with van der Waals surface area (Å²) in [6, 6.07) is 5.55. The minimum atomic E-state index is -0.363. The van der Waals surface area contributed by atoms with E-state index >= 15 is 0 Å². The van der Waals surface area contributed by atoms with Crippen molar-refractivity contribution < 1.29 is 9.18 Å². The van der Waals surface area contributed by atoms with Gasteiger partial charge < -0.3 is 14.8 Å². The molecule has 1 N–H and O–H groups in total. The molecule has 1 aromatic carbocycles. The highest BCUT2D eigenvalue weighted by atomic mass is 32.1. The largest absolute Gasteiger partial charge is 0.357 e. The molecule has 10 heteroatoms. The van der Waals surface area contributed by atoms with Crippen LogP contribution >= 0.6 is 11.5 Å². The van der Waals surface area contributed by atoms with E-state index in [-0.39, 0.29) is 11.7 Å². The molecule has 0 spiro atoms. The molecule has 3 aromatic rings. The van der Waals surface area contributed by atoms with Gasteiger partial charge in [-0.05, 0) is 35.8 Å². The number of carbonyl (C=O) groups excluding carboxylic acids is 1. The van der Waals surface area contributed by atoms with Crippen molar-refractivity contribution in [1.29, 1.82) is 0 Å². The highest BCUT2D eigenvalue weighted by Gasteiger charge is 2.26. The first kappa shape index (κ1) is 15.6. The lowest BCUT2D eigenvalue weighted by molar-refractivity contribution is 0.0708. The third kappa shape index (κ3) is 2.84. The Labute approximate surface area is 146 Å². The Balaban J connectivity index is 1.56. The van der Waals surface area contributed by atoms with E-state index in [1.807, 2.05) is 4.57 Å². The number of nitrogens with one attached hydrogen (secondary N) is 1. The number of halogens is 1. The zero-order chi connectivity index (χ0) is 17.4. The summed E-state index contributed by atoms with van der Waals surface area (Å²) in [5.41, 5.74) is 0.456. The second-order valence-corrected chi connectivity index (χ2v) is 6.25. The van der Waals surface area contributed by atoms with Gasteiger partial charge in [0.25, 0.3) is 5.91 Å². The third-order valence-electron chi connectivity index (χ3n) is 3.97. The molecule has 0 saturated heterocycles. The minimum absolute atomic E-state index is 0.149. The molecule has 2 aromatic heterocycles. The van der Waals surface area contributed by atoms with E-state index in [1.54, 1.807) is 11.9 Å². The quantitative estimate of drug-likeness (QED) is 0.765. The van der Waals surface area contributed by atoms with Crippen LogP contribution in [0.4, 0.5) is 10.3 Å². The molecule has 0 unspecified atom stereocenters. The smallest absolute Gasteiger partial charge is 0.254 e. The van der Waals surface area contributed by atoms with Crippen LogP contribution in [0.3, 0.4) is 0 Å². The maximum Gasteiger partial charge on any atom is 0.254 e. The molecule has 1 amide bonds. The van der Waals surface area contributed by atoms with Crippen LogP contribution in [0.25, 0.3) is 10.8 Å². The average molecular weight is 359 g/mol. The van der Waals surface area contributed by atoms with E-state index < -0.39 is 0 Å². The van der Waals surface area contributed by atoms with Crippen molar-refractivity contribution >= 4 is 23.4 Å². The molecule has 0 aliphatic carbocycles. The summed E-state index contributed by atoms with van der Waals surface area (Å²) < 4.78 is 19.1. The van der Waals surface area contributed by atoms with Crippen LogP contribution in [0, 0.1) is 5.82 Å². The van der Waals surface area contributed by atoms with E-state index in [0.29, 0.717) is 47.8 Å². The Morgan fingerprint density at radius 3 is 2.76 bits per heavy atom. The second kappa shape index (κ2) is 6.20. The fraction of sp³-hybridized carbons (Fsp3) is 0.267. The van der Waals surface area contributed by atoms with Crippen molar-refractivity contribution in [3.8, 4) is 10.8 Å². The van der Waals surface area contributed by atoms with Gasteiger partial charge in [-0.2, -0.15) is 9.36 Å². The standard InChI is InChI=1S/C15H14FN7OS/c1-17-15-18-13(25-21-15)12-20-19-11-8-22(6-7-23(11)12)14(24)9-2-4-10(16)5-3-9/h2-5H,6-8H2,1H3,(H,17,21). The summed E-state index contributed by atoms with van der Waals surface area (Å²) in [6.45, 7) is 1.44. The Kier molecular flexibility index (Phi) is 3.88. The van der Waals surface area contributed by atoms with Crippen LogP contribution in [0.2, 0.25) is 0 Å². The maximum absolute atomic E-state index is 13.0. The van der Waals surface area contributed by atoms with Gasteiger partial charge in [0.1, 0.15) is 5.82 Å². The third-order valence-corrected chi connectivity index (χ3v) is 4.68. The van der Waals surface area contributed by atoms with E-state index in [1.165, 1.54) is 35.8 Å². The van der Waals surface area contributed by atoms with Gasteiger partial charge in [-0.15, -0.1) is 10.2 Å². The van der Waals surface area contributed by atoms with Gasteiger partial charge in [0.05, 0.1) is 6.54 Å². The molecule has 0 bridgehead atoms. The highest BCUT2D eigenvalue weighted by molar-refractivity contribution is 7.09. The first-order valence-corrected chi connectivity index (χ1v) is 8.42. The lowest BCUT2D eigenvalue weighted by atomic mass is 10.2. The maximum atomic E-state index is 13.0. The number of aromatic nitrogens is 5. The van der Waals surface area contributed by atoms with Crippen LogP contribution in [-0.2, 0) is 13.1 Å². The first-order chi connectivity index (χ1) is 12.2. The van der Waals surface area contributed by atoms with Gasteiger partial charge in [-0.3, -0.25) is 4.79 Å². The lowest BCUT2D eigenvalue weighted by Crippen LogP contribution is -2.38. The van der Waals surface area contributed by atoms with Gasteiger partial charge in [0.2, 0.25) is 5.95 Å². The molecule has 0 radical (unpaired) electrons. The molecule has 8 nitrogen and oxygen atoms in total. The molecule has 128 valence electrons. The molecule has 0 atom stereocenters. The number of anilines is 1. The second-order valence-electron chi connectivity index (χ2n) is 5.50. The fourth-order valence-electron chi connectivity index (χ4n) is 2.68. The predicted molar refractivity (Wildman–Crippen MR) is 89.6 cm³/mol. The molecule has 0 saturated carbocycles. The number of rotatable bonds is 3. The number of carbonyl (C=O) groups is 1. The summed E-state index contributed by atoms with van der Waals surface area (Å²) in [5.74, 6) is 1.38. The number of hydrogen-bond donors (Lipinski definition) is 1. The number of nitrogens with zero attached hydrogens (tertiary/aromatic N) is 6. The fourth-order valence-corrected chi connectivity index (χ4v) is 3.35. The molecule has 3 heterocycles. The summed E-state index contributed by atoms with van der Waals surface area (Å²) in [5, 5.41) is 12.0. The van der Waals surface area contributed by atoms with Crippen molar-refractivity contribution in [3.63, 3.8) is 0 Å². The van der Waals surface area contributed by atoms with Crippen molar-refractivity contribution in [2.75, 3.05) is 18.9 Å². The van der Waals surface area contributed by atoms with E-state index in [0.717, 1.165) is 0 Å². The minimum Gasteiger partial charge on any atom is -0.357 e. The molecule has 0 fully saturated rings. The molecule has 25 heavy (non-hydrogen) atoms. The predicted octanol–water partition coefficient (Wildman–Crippen LogP) is 1.63. The van der Waals surface area contributed by atoms with Crippen molar-refractivity contribution in [2.45, 2.75) is 13.1 Å². The van der Waals surface area contributed by atoms with Crippen LogP contribution < -0.4 is 5.32 Å². The molecule has 1 aliphatic rings. The van der Waals surface area contributed by atoms with E-state index in [2.05, 4.69) is 24.9 Å². The normalized spacial score (nSPS) is 13.6. The average Bonchev–Trinajstić information content (AvgIpc) is 3.27. The van der Waals surface area contributed by atoms with Crippen molar-refractivity contribution in [2.24, 2.45) is 0 Å². The zero-order valence-corrected chi connectivity index (χ0v) is 14.1. The lowest BCUT2D eigenvalue weighted by Gasteiger charge is -2.27. The summed E-state index contributed by atoms with van der Waals surface area (Å²) in [7, 11) is 1.75. The summed E-state index contributed by atoms with van der Waals surface area (Å²) >= 11 is 1.25.